The Bertz CT molecular complexity index is 167. The lowest BCUT2D eigenvalue weighted by molar-refractivity contribution is 0.283. The first kappa shape index (κ1) is 15.0. The Morgan fingerprint density at radius 1 is 0.824 bits per heavy atom. The van der Waals surface area contributed by atoms with Crippen molar-refractivity contribution in [3.63, 3.8) is 0 Å². The van der Waals surface area contributed by atoms with E-state index in [2.05, 4.69) is 6.92 Å². The van der Waals surface area contributed by atoms with Crippen LogP contribution in [0, 0.1) is 5.92 Å². The van der Waals surface area contributed by atoms with Crippen molar-refractivity contribution in [1.82, 2.24) is 0 Å². The summed E-state index contributed by atoms with van der Waals surface area (Å²) >= 11 is 0. The van der Waals surface area contributed by atoms with Crippen LogP contribution in [0.3, 0.4) is 0 Å². The van der Waals surface area contributed by atoms with Crippen molar-refractivity contribution >= 4 is 0 Å². The molecule has 2 unspecified atom stereocenters. The van der Waals surface area contributed by atoms with Gasteiger partial charge in [-0.3, -0.25) is 0 Å². The molecule has 1 aliphatic carbocycles. The molecule has 0 amide bonds. The van der Waals surface area contributed by atoms with Crippen molar-refractivity contribution in [2.24, 2.45) is 11.7 Å². The van der Waals surface area contributed by atoms with E-state index in [0.717, 1.165) is 5.92 Å². The number of unbranched alkanes of at least 4 members (excludes halogenated alkanes) is 7. The summed E-state index contributed by atoms with van der Waals surface area (Å²) in [4.78, 5) is 0. The van der Waals surface area contributed by atoms with Gasteiger partial charge in [0.2, 0.25) is 0 Å². The van der Waals surface area contributed by atoms with Gasteiger partial charge in [-0.2, -0.15) is 0 Å². The summed E-state index contributed by atoms with van der Waals surface area (Å²) in [6.45, 7) is 2.29. The molecule has 1 fully saturated rings. The van der Waals surface area contributed by atoms with E-state index in [1.54, 1.807) is 0 Å². The third kappa shape index (κ3) is 7.08. The summed E-state index contributed by atoms with van der Waals surface area (Å²) in [5.74, 6) is 0.851. The molecule has 1 saturated carbocycles. The second-order valence-corrected chi connectivity index (χ2v) is 5.97. The van der Waals surface area contributed by atoms with Gasteiger partial charge in [0.15, 0.2) is 0 Å². The van der Waals surface area contributed by atoms with Gasteiger partial charge >= 0.3 is 0 Å². The fraction of sp³-hybridized carbons (Fsp3) is 1.00. The summed E-state index contributed by atoms with van der Waals surface area (Å²) in [5.41, 5.74) is 6.17. The minimum atomic E-state index is 0.522. The lowest BCUT2D eigenvalue weighted by atomic mass is 9.82. The van der Waals surface area contributed by atoms with Gasteiger partial charge in [0.25, 0.3) is 0 Å². The van der Waals surface area contributed by atoms with E-state index < -0.39 is 0 Å². The SMILES string of the molecule is CCCCCCCCCCC1CCCCC1N. The molecule has 0 spiro atoms. The average Bonchev–Trinajstić information content (AvgIpc) is 2.35. The van der Waals surface area contributed by atoms with E-state index in [1.807, 2.05) is 0 Å². The first-order valence-electron chi connectivity index (χ1n) is 8.10. The van der Waals surface area contributed by atoms with Gasteiger partial charge < -0.3 is 5.73 Å². The van der Waals surface area contributed by atoms with Crippen molar-refractivity contribution in [1.29, 1.82) is 0 Å². The molecule has 0 aromatic rings. The third-order valence-corrected chi connectivity index (χ3v) is 4.40. The zero-order valence-electron chi connectivity index (χ0n) is 11.9. The molecule has 1 aliphatic rings. The highest BCUT2D eigenvalue weighted by atomic mass is 14.7. The molecular weight excluding hydrogens is 206 g/mol. The highest BCUT2D eigenvalue weighted by Crippen LogP contribution is 2.27. The lowest BCUT2D eigenvalue weighted by Gasteiger charge is -2.28. The fourth-order valence-corrected chi connectivity index (χ4v) is 3.14. The summed E-state index contributed by atoms with van der Waals surface area (Å²) in [5, 5.41) is 0. The fourth-order valence-electron chi connectivity index (χ4n) is 3.14. The molecular formula is C16H33N. The van der Waals surface area contributed by atoms with E-state index in [-0.39, 0.29) is 0 Å². The second-order valence-electron chi connectivity index (χ2n) is 5.97. The molecule has 17 heavy (non-hydrogen) atoms. The van der Waals surface area contributed by atoms with Gasteiger partial charge in [-0.05, 0) is 25.2 Å². The first-order valence-corrected chi connectivity index (χ1v) is 8.10. The van der Waals surface area contributed by atoms with E-state index in [1.165, 1.54) is 83.5 Å². The van der Waals surface area contributed by atoms with Crippen molar-refractivity contribution in [3.05, 3.63) is 0 Å². The minimum Gasteiger partial charge on any atom is -0.327 e. The molecule has 0 saturated heterocycles. The van der Waals surface area contributed by atoms with E-state index in [9.17, 15) is 0 Å². The number of rotatable bonds is 9. The topological polar surface area (TPSA) is 26.0 Å². The van der Waals surface area contributed by atoms with Gasteiger partial charge in [-0.1, -0.05) is 71.1 Å². The molecule has 2 atom stereocenters. The maximum Gasteiger partial charge on any atom is 0.00671 e. The smallest absolute Gasteiger partial charge is 0.00671 e. The average molecular weight is 239 g/mol. The quantitative estimate of drug-likeness (QED) is 0.561. The molecule has 102 valence electrons. The molecule has 0 aromatic heterocycles. The van der Waals surface area contributed by atoms with Crippen LogP contribution in [0.4, 0.5) is 0 Å². The summed E-state index contributed by atoms with van der Waals surface area (Å²) in [7, 11) is 0. The summed E-state index contributed by atoms with van der Waals surface area (Å²) < 4.78 is 0. The zero-order chi connectivity index (χ0) is 12.3. The largest absolute Gasteiger partial charge is 0.327 e. The molecule has 1 heteroatoms. The van der Waals surface area contributed by atoms with Crippen LogP contribution in [0.5, 0.6) is 0 Å². The zero-order valence-corrected chi connectivity index (χ0v) is 11.9. The van der Waals surface area contributed by atoms with Crippen molar-refractivity contribution in [3.8, 4) is 0 Å². The summed E-state index contributed by atoms with van der Waals surface area (Å²) in [6, 6.07) is 0.522. The maximum atomic E-state index is 6.17. The predicted molar refractivity (Wildman–Crippen MR) is 77.2 cm³/mol. The Hall–Kier alpha value is -0.0400. The third-order valence-electron chi connectivity index (χ3n) is 4.40. The highest BCUT2D eigenvalue weighted by molar-refractivity contribution is 4.77. The van der Waals surface area contributed by atoms with Gasteiger partial charge in [0, 0.05) is 6.04 Å². The first-order chi connectivity index (χ1) is 8.34. The van der Waals surface area contributed by atoms with Gasteiger partial charge in [0.05, 0.1) is 0 Å². The van der Waals surface area contributed by atoms with E-state index in [0.29, 0.717) is 6.04 Å². The van der Waals surface area contributed by atoms with Crippen LogP contribution >= 0.6 is 0 Å². The Morgan fingerprint density at radius 2 is 1.41 bits per heavy atom. The number of hydrogen-bond acceptors (Lipinski definition) is 1. The standard InChI is InChI=1S/C16H33N/c1-2-3-4-5-6-7-8-9-12-15-13-10-11-14-16(15)17/h15-16H,2-14,17H2,1H3. The predicted octanol–water partition coefficient (Wildman–Crippen LogP) is 5.03. The van der Waals surface area contributed by atoms with Crippen LogP contribution in [0.1, 0.15) is 90.4 Å². The molecule has 0 aliphatic heterocycles. The van der Waals surface area contributed by atoms with Crippen LogP contribution in [-0.4, -0.2) is 6.04 Å². The highest BCUT2D eigenvalue weighted by Gasteiger charge is 2.20. The normalized spacial score (nSPS) is 25.1. The molecule has 0 radical (unpaired) electrons. The molecule has 0 bridgehead atoms. The molecule has 0 heterocycles. The Kier molecular flexibility index (Phi) is 8.78. The maximum absolute atomic E-state index is 6.17. The van der Waals surface area contributed by atoms with Crippen LogP contribution in [0.15, 0.2) is 0 Å². The van der Waals surface area contributed by atoms with Crippen LogP contribution in [0.25, 0.3) is 0 Å². The monoisotopic (exact) mass is 239 g/mol. The molecule has 1 nitrogen and oxygen atoms in total. The molecule has 2 N–H and O–H groups in total. The van der Waals surface area contributed by atoms with Gasteiger partial charge in [0.1, 0.15) is 0 Å². The lowest BCUT2D eigenvalue weighted by Crippen LogP contribution is -2.32. The van der Waals surface area contributed by atoms with Crippen molar-refractivity contribution in [2.45, 2.75) is 96.4 Å². The summed E-state index contributed by atoms with van der Waals surface area (Å²) in [6.07, 6.45) is 18.3. The number of hydrogen-bond donors (Lipinski definition) is 1. The Balaban J connectivity index is 1.86. The van der Waals surface area contributed by atoms with Gasteiger partial charge in [-0.15, -0.1) is 0 Å². The van der Waals surface area contributed by atoms with E-state index >= 15 is 0 Å². The van der Waals surface area contributed by atoms with Crippen LogP contribution in [-0.2, 0) is 0 Å². The van der Waals surface area contributed by atoms with Crippen molar-refractivity contribution in [2.75, 3.05) is 0 Å². The number of nitrogens with two attached hydrogens (primary N) is 1. The van der Waals surface area contributed by atoms with Crippen LogP contribution < -0.4 is 5.73 Å². The Labute approximate surface area is 109 Å². The van der Waals surface area contributed by atoms with Crippen molar-refractivity contribution < 1.29 is 0 Å². The van der Waals surface area contributed by atoms with Crippen LogP contribution in [0.2, 0.25) is 0 Å². The molecule has 1 rings (SSSR count). The molecule has 0 aromatic carbocycles. The van der Waals surface area contributed by atoms with Gasteiger partial charge in [-0.25, -0.2) is 0 Å². The van der Waals surface area contributed by atoms with E-state index in [4.69, 9.17) is 5.73 Å². The Morgan fingerprint density at radius 3 is 2.06 bits per heavy atom. The second kappa shape index (κ2) is 9.94. The minimum absolute atomic E-state index is 0.522.